The van der Waals surface area contributed by atoms with Crippen molar-refractivity contribution in [2.24, 2.45) is 0 Å². The van der Waals surface area contributed by atoms with Crippen LogP contribution in [0.4, 0.5) is 0 Å². The Bertz CT molecular complexity index is 778. The third-order valence-electron chi connectivity index (χ3n) is 3.60. The number of hydrogen-bond acceptors (Lipinski definition) is 3. The van der Waals surface area contributed by atoms with Gasteiger partial charge in [-0.05, 0) is 12.8 Å². The summed E-state index contributed by atoms with van der Waals surface area (Å²) in [6.45, 7) is 0. The molecule has 0 atom stereocenters. The number of aromatic nitrogens is 4. The van der Waals surface area contributed by atoms with Crippen molar-refractivity contribution in [3.63, 3.8) is 0 Å². The van der Waals surface area contributed by atoms with Crippen molar-refractivity contribution < 1.29 is 0 Å². The van der Waals surface area contributed by atoms with Gasteiger partial charge in [0.2, 0.25) is 0 Å². The van der Waals surface area contributed by atoms with Crippen LogP contribution in [-0.2, 0) is 0 Å². The molecule has 0 saturated heterocycles. The molecule has 0 amide bonds. The Hall–Kier alpha value is -2.20. The molecule has 0 N–H and O–H groups in total. The van der Waals surface area contributed by atoms with Crippen LogP contribution in [-0.4, -0.2) is 19.5 Å². The average molecular weight is 297 g/mol. The van der Waals surface area contributed by atoms with Crippen molar-refractivity contribution >= 4 is 11.6 Å². The second kappa shape index (κ2) is 4.97. The van der Waals surface area contributed by atoms with Gasteiger partial charge < -0.3 is 4.57 Å². The molecule has 2 heterocycles. The first-order valence-electron chi connectivity index (χ1n) is 6.93. The summed E-state index contributed by atoms with van der Waals surface area (Å²) >= 11 is 6.18. The van der Waals surface area contributed by atoms with E-state index in [1.54, 1.807) is 12.3 Å². The van der Waals surface area contributed by atoms with E-state index < -0.39 is 0 Å². The molecule has 1 fully saturated rings. The lowest BCUT2D eigenvalue weighted by Gasteiger charge is -2.08. The van der Waals surface area contributed by atoms with Gasteiger partial charge >= 0.3 is 0 Å². The summed E-state index contributed by atoms with van der Waals surface area (Å²) in [4.78, 5) is 13.3. The van der Waals surface area contributed by atoms with Gasteiger partial charge in [0.15, 0.2) is 5.82 Å². The lowest BCUT2D eigenvalue weighted by molar-refractivity contribution is 0.743. The molecular formula is C16H13ClN4. The third-order valence-corrected chi connectivity index (χ3v) is 3.79. The van der Waals surface area contributed by atoms with Crippen LogP contribution in [0.3, 0.4) is 0 Å². The molecule has 0 unspecified atom stereocenters. The predicted octanol–water partition coefficient (Wildman–Crippen LogP) is 4.00. The molecule has 1 aliphatic rings. The zero-order chi connectivity index (χ0) is 14.2. The molecule has 0 radical (unpaired) electrons. The standard InChI is InChI=1S/C16H13ClN4/c17-15-8-13(11-4-2-1-3-5-11)19-16(20-15)14-9-18-10-21(14)12-6-7-12/h1-5,8-10,12H,6-7H2. The van der Waals surface area contributed by atoms with Crippen molar-refractivity contribution in [2.75, 3.05) is 0 Å². The van der Waals surface area contributed by atoms with Crippen molar-refractivity contribution in [2.45, 2.75) is 18.9 Å². The molecule has 104 valence electrons. The molecule has 1 aliphatic carbocycles. The Morgan fingerprint density at radius 1 is 1.10 bits per heavy atom. The van der Waals surface area contributed by atoms with Gasteiger partial charge in [0.05, 0.1) is 18.2 Å². The minimum absolute atomic E-state index is 0.447. The minimum atomic E-state index is 0.447. The molecule has 1 saturated carbocycles. The SMILES string of the molecule is Clc1cc(-c2ccccc2)nc(-c2cncn2C2CC2)n1. The minimum Gasteiger partial charge on any atom is -0.325 e. The average Bonchev–Trinajstić information content (AvgIpc) is 3.24. The fourth-order valence-corrected chi connectivity index (χ4v) is 2.59. The Kier molecular flexibility index (Phi) is 2.97. The number of hydrogen-bond donors (Lipinski definition) is 0. The van der Waals surface area contributed by atoms with Gasteiger partial charge in [-0.1, -0.05) is 41.9 Å². The highest BCUT2D eigenvalue weighted by atomic mass is 35.5. The molecule has 4 rings (SSSR count). The summed E-state index contributed by atoms with van der Waals surface area (Å²) in [5.74, 6) is 0.630. The summed E-state index contributed by atoms with van der Waals surface area (Å²) in [5, 5.41) is 0.447. The van der Waals surface area contributed by atoms with Crippen LogP contribution in [0.15, 0.2) is 48.9 Å². The molecule has 21 heavy (non-hydrogen) atoms. The number of halogens is 1. The predicted molar refractivity (Wildman–Crippen MR) is 82.0 cm³/mol. The van der Waals surface area contributed by atoms with E-state index >= 15 is 0 Å². The molecule has 2 aromatic heterocycles. The molecule has 5 heteroatoms. The molecule has 4 nitrogen and oxygen atoms in total. The van der Waals surface area contributed by atoms with Gasteiger partial charge in [0.25, 0.3) is 0 Å². The van der Waals surface area contributed by atoms with Gasteiger partial charge in [-0.3, -0.25) is 0 Å². The van der Waals surface area contributed by atoms with Gasteiger partial charge in [0.1, 0.15) is 10.8 Å². The van der Waals surface area contributed by atoms with E-state index in [2.05, 4.69) is 19.5 Å². The quantitative estimate of drug-likeness (QED) is 0.686. The van der Waals surface area contributed by atoms with Gasteiger partial charge in [-0.25, -0.2) is 15.0 Å². The first-order chi connectivity index (χ1) is 10.3. The summed E-state index contributed by atoms with van der Waals surface area (Å²) in [7, 11) is 0. The van der Waals surface area contributed by atoms with Crippen LogP contribution in [0.25, 0.3) is 22.8 Å². The Balaban J connectivity index is 1.82. The van der Waals surface area contributed by atoms with E-state index in [0.29, 0.717) is 17.0 Å². The molecule has 1 aromatic carbocycles. The molecule has 0 spiro atoms. The van der Waals surface area contributed by atoms with Crippen LogP contribution in [0, 0.1) is 0 Å². The molecule has 0 bridgehead atoms. The lowest BCUT2D eigenvalue weighted by atomic mass is 10.1. The highest BCUT2D eigenvalue weighted by Crippen LogP contribution is 2.38. The Morgan fingerprint density at radius 3 is 2.67 bits per heavy atom. The van der Waals surface area contributed by atoms with E-state index in [4.69, 9.17) is 11.6 Å². The zero-order valence-corrected chi connectivity index (χ0v) is 12.0. The van der Waals surface area contributed by atoms with Gasteiger partial charge in [-0.2, -0.15) is 0 Å². The number of rotatable bonds is 3. The van der Waals surface area contributed by atoms with Crippen molar-refractivity contribution in [1.29, 1.82) is 0 Å². The number of benzene rings is 1. The summed E-state index contributed by atoms with van der Waals surface area (Å²) in [6, 6.07) is 12.3. The highest BCUT2D eigenvalue weighted by Gasteiger charge is 2.26. The maximum atomic E-state index is 6.18. The van der Waals surface area contributed by atoms with E-state index in [0.717, 1.165) is 17.0 Å². The van der Waals surface area contributed by atoms with Crippen LogP contribution >= 0.6 is 11.6 Å². The van der Waals surface area contributed by atoms with Crippen molar-refractivity contribution in [1.82, 2.24) is 19.5 Å². The van der Waals surface area contributed by atoms with Crippen molar-refractivity contribution in [3.8, 4) is 22.8 Å². The Morgan fingerprint density at radius 2 is 1.90 bits per heavy atom. The highest BCUT2D eigenvalue weighted by molar-refractivity contribution is 6.29. The van der Waals surface area contributed by atoms with E-state index in [1.807, 2.05) is 36.7 Å². The number of imidazole rings is 1. The molecule has 0 aliphatic heterocycles. The maximum absolute atomic E-state index is 6.18. The summed E-state index contributed by atoms with van der Waals surface area (Å²) < 4.78 is 2.14. The molecule has 3 aromatic rings. The van der Waals surface area contributed by atoms with Crippen LogP contribution in [0.1, 0.15) is 18.9 Å². The zero-order valence-electron chi connectivity index (χ0n) is 11.3. The fraction of sp³-hybridized carbons (Fsp3) is 0.188. The van der Waals surface area contributed by atoms with E-state index in [-0.39, 0.29) is 0 Å². The number of nitrogens with zero attached hydrogens (tertiary/aromatic N) is 4. The fourth-order valence-electron chi connectivity index (χ4n) is 2.41. The van der Waals surface area contributed by atoms with Gasteiger partial charge in [-0.15, -0.1) is 0 Å². The summed E-state index contributed by atoms with van der Waals surface area (Å²) in [5.41, 5.74) is 2.78. The van der Waals surface area contributed by atoms with Crippen molar-refractivity contribution in [3.05, 3.63) is 54.1 Å². The smallest absolute Gasteiger partial charge is 0.179 e. The first kappa shape index (κ1) is 12.5. The topological polar surface area (TPSA) is 43.6 Å². The third kappa shape index (κ3) is 2.43. The van der Waals surface area contributed by atoms with Gasteiger partial charge in [0, 0.05) is 17.7 Å². The molecular weight excluding hydrogens is 284 g/mol. The Labute approximate surface area is 127 Å². The monoisotopic (exact) mass is 296 g/mol. The van der Waals surface area contributed by atoms with Crippen LogP contribution in [0.5, 0.6) is 0 Å². The largest absolute Gasteiger partial charge is 0.325 e. The second-order valence-corrected chi connectivity index (χ2v) is 5.57. The van der Waals surface area contributed by atoms with Crippen LogP contribution < -0.4 is 0 Å². The maximum Gasteiger partial charge on any atom is 0.179 e. The summed E-state index contributed by atoms with van der Waals surface area (Å²) in [6.07, 6.45) is 6.03. The lowest BCUT2D eigenvalue weighted by Crippen LogP contribution is -1.99. The van der Waals surface area contributed by atoms with E-state index in [1.165, 1.54) is 12.8 Å². The normalized spacial score (nSPS) is 14.3. The van der Waals surface area contributed by atoms with Crippen LogP contribution in [0.2, 0.25) is 5.15 Å². The van der Waals surface area contributed by atoms with E-state index in [9.17, 15) is 0 Å². The first-order valence-corrected chi connectivity index (χ1v) is 7.31. The second-order valence-electron chi connectivity index (χ2n) is 5.18.